The maximum Gasteiger partial charge on any atom is 0.266 e. The Hall–Kier alpha value is -1.91. The molecule has 2 aromatic carbocycles. The Morgan fingerprint density at radius 3 is 2.62 bits per heavy atom. The molecule has 1 aliphatic heterocycles. The average molecular weight is 521 g/mol. The van der Waals surface area contributed by atoms with E-state index >= 15 is 0 Å². The summed E-state index contributed by atoms with van der Waals surface area (Å²) in [6.07, 6.45) is 0. The van der Waals surface area contributed by atoms with Crippen LogP contribution >= 0.6 is 34.4 Å². The Morgan fingerprint density at radius 2 is 1.90 bits per heavy atom. The molecule has 1 amide bonds. The second-order valence-electron chi connectivity index (χ2n) is 6.73. The second kappa shape index (κ2) is 8.85. The smallest absolute Gasteiger partial charge is 0.266 e. The summed E-state index contributed by atoms with van der Waals surface area (Å²) in [7, 11) is 0. The number of amides is 1. The number of benzene rings is 2. The molecule has 0 aliphatic carbocycles. The van der Waals surface area contributed by atoms with Crippen LogP contribution in [0.5, 0.6) is 0 Å². The van der Waals surface area contributed by atoms with Gasteiger partial charge >= 0.3 is 0 Å². The van der Waals surface area contributed by atoms with E-state index < -0.39 is 0 Å². The van der Waals surface area contributed by atoms with Gasteiger partial charge in [-0.3, -0.25) is 14.2 Å². The lowest BCUT2D eigenvalue weighted by Crippen LogP contribution is -2.44. The summed E-state index contributed by atoms with van der Waals surface area (Å²) in [6, 6.07) is 15.1. The third-order valence-corrected chi connectivity index (χ3v) is 6.48. The van der Waals surface area contributed by atoms with Crippen molar-refractivity contribution in [3.63, 3.8) is 0 Å². The molecule has 1 saturated heterocycles. The van der Waals surface area contributed by atoms with Crippen LogP contribution in [-0.4, -0.2) is 51.9 Å². The standard InChI is InChI=1S/C21H20IN3O3S/c1-14(19(26)24-9-11-28-12-10-24)29-21-23-18-8-7-15(22)13-17(18)20(27)25(21)16-5-3-2-4-6-16/h2-8,13-14H,9-12H2,1H3/t14-/m0/s1. The summed E-state index contributed by atoms with van der Waals surface area (Å²) < 4.78 is 7.92. The predicted octanol–water partition coefficient (Wildman–Crippen LogP) is 3.33. The highest BCUT2D eigenvalue weighted by atomic mass is 127. The van der Waals surface area contributed by atoms with Gasteiger partial charge in [-0.1, -0.05) is 30.0 Å². The van der Waals surface area contributed by atoms with Gasteiger partial charge in [-0.2, -0.15) is 0 Å². The van der Waals surface area contributed by atoms with Gasteiger partial charge in [-0.25, -0.2) is 4.98 Å². The third-order valence-electron chi connectivity index (χ3n) is 4.77. The van der Waals surface area contributed by atoms with E-state index in [1.807, 2.05) is 60.4 Å². The molecule has 1 aromatic heterocycles. The number of hydrogen-bond donors (Lipinski definition) is 0. The van der Waals surface area contributed by atoms with Crippen molar-refractivity contribution in [2.24, 2.45) is 0 Å². The van der Waals surface area contributed by atoms with Crippen LogP contribution in [0.1, 0.15) is 6.92 Å². The fourth-order valence-electron chi connectivity index (χ4n) is 3.27. The molecule has 6 nitrogen and oxygen atoms in total. The lowest BCUT2D eigenvalue weighted by Gasteiger charge is -2.29. The zero-order valence-electron chi connectivity index (χ0n) is 15.9. The van der Waals surface area contributed by atoms with E-state index in [9.17, 15) is 9.59 Å². The first kappa shape index (κ1) is 20.4. The molecule has 0 bridgehead atoms. The molecule has 2 heterocycles. The van der Waals surface area contributed by atoms with Crippen molar-refractivity contribution in [2.75, 3.05) is 26.3 Å². The fraction of sp³-hybridized carbons (Fsp3) is 0.286. The van der Waals surface area contributed by atoms with Crippen molar-refractivity contribution in [1.29, 1.82) is 0 Å². The first-order valence-electron chi connectivity index (χ1n) is 9.35. The van der Waals surface area contributed by atoms with E-state index in [-0.39, 0.29) is 16.7 Å². The summed E-state index contributed by atoms with van der Waals surface area (Å²) in [5, 5.41) is 0.720. The molecule has 1 fully saturated rings. The normalized spacial score (nSPS) is 15.4. The van der Waals surface area contributed by atoms with Crippen LogP contribution in [-0.2, 0) is 9.53 Å². The van der Waals surface area contributed by atoms with Crippen molar-refractivity contribution >= 4 is 51.2 Å². The quantitative estimate of drug-likeness (QED) is 0.300. The van der Waals surface area contributed by atoms with Crippen LogP contribution in [0.25, 0.3) is 16.6 Å². The maximum absolute atomic E-state index is 13.3. The summed E-state index contributed by atoms with van der Waals surface area (Å²) in [4.78, 5) is 32.8. The van der Waals surface area contributed by atoms with Gasteiger partial charge in [0.15, 0.2) is 5.16 Å². The molecule has 0 N–H and O–H groups in total. The number of para-hydroxylation sites is 1. The molecule has 0 saturated carbocycles. The van der Waals surface area contributed by atoms with Crippen molar-refractivity contribution in [2.45, 2.75) is 17.3 Å². The summed E-state index contributed by atoms with van der Waals surface area (Å²) >= 11 is 3.51. The van der Waals surface area contributed by atoms with Crippen LogP contribution in [0.3, 0.4) is 0 Å². The SMILES string of the molecule is C[C@H](Sc1nc2ccc(I)cc2c(=O)n1-c1ccccc1)C(=O)N1CCOCC1. The highest BCUT2D eigenvalue weighted by Crippen LogP contribution is 2.26. The summed E-state index contributed by atoms with van der Waals surface area (Å²) in [5.74, 6) is 0.0369. The molecule has 0 radical (unpaired) electrons. The zero-order chi connectivity index (χ0) is 20.4. The largest absolute Gasteiger partial charge is 0.378 e. The van der Waals surface area contributed by atoms with E-state index in [2.05, 4.69) is 22.6 Å². The van der Waals surface area contributed by atoms with E-state index in [0.29, 0.717) is 42.4 Å². The van der Waals surface area contributed by atoms with Gasteiger partial charge in [0.25, 0.3) is 5.56 Å². The lowest BCUT2D eigenvalue weighted by molar-refractivity contribution is -0.134. The van der Waals surface area contributed by atoms with Crippen molar-refractivity contribution in [1.82, 2.24) is 14.5 Å². The Balaban J connectivity index is 1.77. The average Bonchev–Trinajstić information content (AvgIpc) is 2.75. The number of halogens is 1. The number of carbonyl (C=O) groups excluding carboxylic acids is 1. The van der Waals surface area contributed by atoms with Gasteiger partial charge in [0, 0.05) is 16.7 Å². The molecule has 150 valence electrons. The number of aromatic nitrogens is 2. The Kier molecular flexibility index (Phi) is 6.21. The van der Waals surface area contributed by atoms with Gasteiger partial charge < -0.3 is 9.64 Å². The Morgan fingerprint density at radius 1 is 1.17 bits per heavy atom. The van der Waals surface area contributed by atoms with Gasteiger partial charge in [0.2, 0.25) is 5.91 Å². The molecular formula is C21H20IN3O3S. The van der Waals surface area contributed by atoms with Crippen LogP contribution in [0, 0.1) is 3.57 Å². The third kappa shape index (κ3) is 4.34. The predicted molar refractivity (Wildman–Crippen MR) is 123 cm³/mol. The number of morpholine rings is 1. The van der Waals surface area contributed by atoms with Crippen LogP contribution in [0.15, 0.2) is 58.5 Å². The highest BCUT2D eigenvalue weighted by Gasteiger charge is 2.25. The minimum atomic E-state index is -0.365. The van der Waals surface area contributed by atoms with Crippen molar-refractivity contribution in [3.8, 4) is 5.69 Å². The minimum absolute atomic E-state index is 0.0369. The molecule has 4 rings (SSSR count). The number of fused-ring (bicyclic) bond motifs is 1. The van der Waals surface area contributed by atoms with Crippen molar-refractivity contribution in [3.05, 3.63) is 62.5 Å². The number of hydrogen-bond acceptors (Lipinski definition) is 5. The van der Waals surface area contributed by atoms with Gasteiger partial charge in [0.05, 0.1) is 35.1 Å². The highest BCUT2D eigenvalue weighted by molar-refractivity contribution is 14.1. The number of nitrogens with zero attached hydrogens (tertiary/aromatic N) is 3. The van der Waals surface area contributed by atoms with Crippen LogP contribution < -0.4 is 5.56 Å². The summed E-state index contributed by atoms with van der Waals surface area (Å²) in [6.45, 7) is 4.18. The van der Waals surface area contributed by atoms with E-state index in [4.69, 9.17) is 9.72 Å². The number of thioether (sulfide) groups is 1. The molecule has 0 unspecified atom stereocenters. The number of ether oxygens (including phenoxy) is 1. The molecule has 29 heavy (non-hydrogen) atoms. The number of rotatable bonds is 4. The van der Waals surface area contributed by atoms with Crippen molar-refractivity contribution < 1.29 is 9.53 Å². The van der Waals surface area contributed by atoms with E-state index in [1.165, 1.54) is 11.8 Å². The van der Waals surface area contributed by atoms with Crippen LogP contribution in [0.4, 0.5) is 0 Å². The Bertz CT molecular complexity index is 1100. The molecule has 0 spiro atoms. The molecule has 3 aromatic rings. The minimum Gasteiger partial charge on any atom is -0.378 e. The maximum atomic E-state index is 13.3. The van der Waals surface area contributed by atoms with Gasteiger partial charge in [0.1, 0.15) is 0 Å². The first-order valence-corrected chi connectivity index (χ1v) is 11.3. The number of carbonyl (C=O) groups is 1. The summed E-state index contributed by atoms with van der Waals surface area (Å²) in [5.41, 5.74) is 1.24. The van der Waals surface area contributed by atoms with Crippen LogP contribution in [0.2, 0.25) is 0 Å². The van der Waals surface area contributed by atoms with Gasteiger partial charge in [-0.05, 0) is 59.8 Å². The van der Waals surface area contributed by atoms with Gasteiger partial charge in [-0.15, -0.1) is 0 Å². The first-order chi connectivity index (χ1) is 14.0. The fourth-order valence-corrected chi connectivity index (χ4v) is 4.77. The van der Waals surface area contributed by atoms with E-state index in [0.717, 1.165) is 9.26 Å². The molecule has 8 heteroatoms. The van der Waals surface area contributed by atoms with E-state index in [1.54, 1.807) is 4.57 Å². The zero-order valence-corrected chi connectivity index (χ0v) is 18.9. The molecule has 1 aliphatic rings. The Labute approximate surface area is 186 Å². The molecule has 1 atom stereocenters. The molecular weight excluding hydrogens is 501 g/mol. The lowest BCUT2D eigenvalue weighted by atomic mass is 10.2. The topological polar surface area (TPSA) is 64.4 Å². The second-order valence-corrected chi connectivity index (χ2v) is 9.28. The monoisotopic (exact) mass is 521 g/mol.